The minimum atomic E-state index is -0.402. The van der Waals surface area contributed by atoms with Crippen molar-refractivity contribution >= 4 is 29.4 Å². The number of carbonyl (C=O) groups excluding carboxylic acids is 1. The summed E-state index contributed by atoms with van der Waals surface area (Å²) in [5.41, 5.74) is 2.27. The highest BCUT2D eigenvalue weighted by Gasteiger charge is 2.24. The van der Waals surface area contributed by atoms with E-state index in [1.165, 1.54) is 6.07 Å². The van der Waals surface area contributed by atoms with E-state index in [9.17, 15) is 9.18 Å². The molecule has 3 rings (SSSR count). The Morgan fingerprint density at radius 1 is 1.40 bits per heavy atom. The van der Waals surface area contributed by atoms with Gasteiger partial charge in [-0.1, -0.05) is 42.3 Å². The molecule has 0 aliphatic carbocycles. The zero-order valence-corrected chi connectivity index (χ0v) is 14.6. The van der Waals surface area contributed by atoms with Crippen LogP contribution in [-0.2, 0) is 0 Å². The van der Waals surface area contributed by atoms with Crippen molar-refractivity contribution in [2.45, 2.75) is 13.3 Å². The molecular weight excluding hydrogens is 341 g/mol. The van der Waals surface area contributed by atoms with Crippen LogP contribution in [0.5, 0.6) is 0 Å². The smallest absolute Gasteiger partial charge is 0.321 e. The molecule has 0 saturated carbocycles. The van der Waals surface area contributed by atoms with Crippen LogP contribution in [-0.4, -0.2) is 29.0 Å². The minimum absolute atomic E-state index is 0.121. The van der Waals surface area contributed by atoms with Gasteiger partial charge >= 0.3 is 6.03 Å². The van der Waals surface area contributed by atoms with E-state index in [0.717, 1.165) is 5.57 Å². The van der Waals surface area contributed by atoms with Crippen LogP contribution in [0.2, 0.25) is 5.02 Å². The van der Waals surface area contributed by atoms with Crippen molar-refractivity contribution in [2.75, 3.05) is 18.4 Å². The second-order valence-corrected chi connectivity index (χ2v) is 6.54. The predicted octanol–water partition coefficient (Wildman–Crippen LogP) is 4.83. The van der Waals surface area contributed by atoms with Crippen molar-refractivity contribution in [3.05, 3.63) is 64.7 Å². The van der Waals surface area contributed by atoms with Gasteiger partial charge in [0.2, 0.25) is 0 Å². The molecule has 1 aliphatic heterocycles. The first-order valence-electron chi connectivity index (χ1n) is 8.15. The third kappa shape index (κ3) is 4.17. The Bertz CT molecular complexity index is 795. The largest absolute Gasteiger partial charge is 0.324 e. The SMILES string of the molecule is CC1CN(C(=O)Nc2cccnc2)CCC1=Cc1cccc(Cl)c1F. The lowest BCUT2D eigenvalue weighted by atomic mass is 9.91. The van der Waals surface area contributed by atoms with Crippen molar-refractivity contribution in [3.8, 4) is 0 Å². The Morgan fingerprint density at radius 2 is 2.24 bits per heavy atom. The van der Waals surface area contributed by atoms with Crippen molar-refractivity contribution in [1.29, 1.82) is 0 Å². The van der Waals surface area contributed by atoms with Crippen LogP contribution >= 0.6 is 11.6 Å². The number of urea groups is 1. The van der Waals surface area contributed by atoms with Gasteiger partial charge in [-0.25, -0.2) is 9.18 Å². The zero-order valence-electron chi connectivity index (χ0n) is 13.9. The maximum Gasteiger partial charge on any atom is 0.321 e. The number of piperidine rings is 1. The maximum atomic E-state index is 14.1. The van der Waals surface area contributed by atoms with E-state index in [0.29, 0.717) is 30.8 Å². The molecule has 2 amide bonds. The van der Waals surface area contributed by atoms with Crippen molar-refractivity contribution in [3.63, 3.8) is 0 Å². The van der Waals surface area contributed by atoms with Gasteiger partial charge in [0.25, 0.3) is 0 Å². The van der Waals surface area contributed by atoms with Crippen LogP contribution in [0, 0.1) is 11.7 Å². The number of hydrogen-bond donors (Lipinski definition) is 1. The molecule has 0 bridgehead atoms. The summed E-state index contributed by atoms with van der Waals surface area (Å²) in [6.07, 6.45) is 5.82. The summed E-state index contributed by atoms with van der Waals surface area (Å²) in [5.74, 6) is -0.257. The first kappa shape index (κ1) is 17.4. The van der Waals surface area contributed by atoms with Crippen LogP contribution in [0.25, 0.3) is 6.08 Å². The number of nitrogens with zero attached hydrogens (tertiary/aromatic N) is 2. The van der Waals surface area contributed by atoms with Crippen LogP contribution in [0.4, 0.5) is 14.9 Å². The molecule has 1 aromatic carbocycles. The third-order valence-electron chi connectivity index (χ3n) is 4.32. The van der Waals surface area contributed by atoms with E-state index in [1.54, 1.807) is 41.6 Å². The number of aromatic nitrogens is 1. The summed E-state index contributed by atoms with van der Waals surface area (Å²) >= 11 is 5.84. The van der Waals surface area contributed by atoms with Gasteiger partial charge in [-0.3, -0.25) is 4.98 Å². The average molecular weight is 360 g/mol. The molecule has 1 aromatic heterocycles. The van der Waals surface area contributed by atoms with Gasteiger partial charge in [0.1, 0.15) is 5.82 Å². The lowest BCUT2D eigenvalue weighted by Crippen LogP contribution is -2.42. The number of benzene rings is 1. The van der Waals surface area contributed by atoms with Crippen molar-refractivity contribution in [2.24, 2.45) is 5.92 Å². The fraction of sp³-hybridized carbons (Fsp3) is 0.263. The molecule has 130 valence electrons. The predicted molar refractivity (Wildman–Crippen MR) is 98.0 cm³/mol. The van der Waals surface area contributed by atoms with Gasteiger partial charge in [-0.05, 0) is 30.5 Å². The number of nitrogens with one attached hydrogen (secondary N) is 1. The number of likely N-dealkylation sites (tertiary alicyclic amines) is 1. The van der Waals surface area contributed by atoms with Crippen molar-refractivity contribution < 1.29 is 9.18 Å². The molecule has 1 N–H and O–H groups in total. The Labute approximate surface area is 151 Å². The van der Waals surface area contributed by atoms with Crippen molar-refractivity contribution in [1.82, 2.24) is 9.88 Å². The first-order valence-corrected chi connectivity index (χ1v) is 8.53. The number of pyridine rings is 1. The number of rotatable bonds is 2. The molecule has 1 fully saturated rings. The minimum Gasteiger partial charge on any atom is -0.324 e. The summed E-state index contributed by atoms with van der Waals surface area (Å²) in [5, 5.41) is 2.96. The van der Waals surface area contributed by atoms with E-state index >= 15 is 0 Å². The molecule has 1 saturated heterocycles. The van der Waals surface area contributed by atoms with Crippen LogP contribution in [0.3, 0.4) is 0 Å². The van der Waals surface area contributed by atoms with Gasteiger partial charge in [0.15, 0.2) is 0 Å². The van der Waals surface area contributed by atoms with E-state index in [-0.39, 0.29) is 17.0 Å². The van der Waals surface area contributed by atoms with Gasteiger partial charge in [-0.2, -0.15) is 0 Å². The first-order chi connectivity index (χ1) is 12.0. The summed E-state index contributed by atoms with van der Waals surface area (Å²) in [4.78, 5) is 18.1. The van der Waals surface area contributed by atoms with E-state index < -0.39 is 5.82 Å². The Morgan fingerprint density at radius 3 is 2.96 bits per heavy atom. The van der Waals surface area contributed by atoms with Crippen LogP contribution in [0.1, 0.15) is 18.9 Å². The molecule has 25 heavy (non-hydrogen) atoms. The fourth-order valence-electron chi connectivity index (χ4n) is 2.92. The molecule has 1 aliphatic rings. The molecule has 1 atom stereocenters. The molecule has 6 heteroatoms. The summed E-state index contributed by atoms with van der Waals surface area (Å²) in [7, 11) is 0. The van der Waals surface area contributed by atoms with Gasteiger partial charge < -0.3 is 10.2 Å². The number of anilines is 1. The quantitative estimate of drug-likeness (QED) is 0.834. The lowest BCUT2D eigenvalue weighted by molar-refractivity contribution is 0.198. The molecular formula is C19H19ClFN3O. The molecule has 0 radical (unpaired) electrons. The fourth-order valence-corrected chi connectivity index (χ4v) is 3.10. The molecule has 2 heterocycles. The van der Waals surface area contributed by atoms with Crippen LogP contribution < -0.4 is 5.32 Å². The number of amides is 2. The molecule has 2 aromatic rings. The molecule has 4 nitrogen and oxygen atoms in total. The Hall–Kier alpha value is -2.40. The Balaban J connectivity index is 1.67. The summed E-state index contributed by atoms with van der Waals surface area (Å²) in [6, 6.07) is 8.41. The highest BCUT2D eigenvalue weighted by Crippen LogP contribution is 2.27. The normalized spacial score (nSPS) is 19.1. The van der Waals surface area contributed by atoms with Gasteiger partial charge in [0, 0.05) is 24.8 Å². The second kappa shape index (κ2) is 7.66. The number of carbonyl (C=O) groups is 1. The van der Waals surface area contributed by atoms with E-state index in [4.69, 9.17) is 11.6 Å². The number of hydrogen-bond acceptors (Lipinski definition) is 2. The van der Waals surface area contributed by atoms with E-state index in [2.05, 4.69) is 10.3 Å². The average Bonchev–Trinajstić information content (AvgIpc) is 2.61. The van der Waals surface area contributed by atoms with Gasteiger partial charge in [0.05, 0.1) is 16.9 Å². The molecule has 1 unspecified atom stereocenters. The van der Waals surface area contributed by atoms with Gasteiger partial charge in [-0.15, -0.1) is 0 Å². The molecule has 0 spiro atoms. The monoisotopic (exact) mass is 359 g/mol. The number of halogens is 2. The summed E-state index contributed by atoms with van der Waals surface area (Å²) < 4.78 is 14.1. The highest BCUT2D eigenvalue weighted by molar-refractivity contribution is 6.30. The second-order valence-electron chi connectivity index (χ2n) is 6.13. The highest BCUT2D eigenvalue weighted by atomic mass is 35.5. The topological polar surface area (TPSA) is 45.2 Å². The van der Waals surface area contributed by atoms with Crippen LogP contribution in [0.15, 0.2) is 48.3 Å². The maximum absolute atomic E-state index is 14.1. The lowest BCUT2D eigenvalue weighted by Gasteiger charge is -2.33. The van der Waals surface area contributed by atoms with E-state index in [1.807, 2.05) is 13.0 Å². The summed E-state index contributed by atoms with van der Waals surface area (Å²) in [6.45, 7) is 3.21. The third-order valence-corrected chi connectivity index (χ3v) is 4.61. The Kier molecular flexibility index (Phi) is 5.34. The zero-order chi connectivity index (χ0) is 17.8. The standard InChI is InChI=1S/C19H19ClFN3O/c1-13-12-24(19(25)23-16-5-3-8-22-11-16)9-7-14(13)10-15-4-2-6-17(20)18(15)21/h2-6,8,10-11,13H,7,9,12H2,1H3,(H,23,25).